The van der Waals surface area contributed by atoms with Gasteiger partial charge in [0.15, 0.2) is 6.10 Å². The number of nitrogens with zero attached hydrogens (tertiary/aromatic N) is 1. The number of carbonyl (C=O) groups excluding carboxylic acids is 3. The summed E-state index contributed by atoms with van der Waals surface area (Å²) in [7, 11) is 0. The number of amides is 2. The summed E-state index contributed by atoms with van der Waals surface area (Å²) in [5, 5.41) is 2.75. The fourth-order valence-corrected chi connectivity index (χ4v) is 3.20. The molecule has 29 heavy (non-hydrogen) atoms. The van der Waals surface area contributed by atoms with Crippen LogP contribution in [-0.4, -0.2) is 48.5 Å². The Bertz CT molecular complexity index is 733. The van der Waals surface area contributed by atoms with Gasteiger partial charge in [0.05, 0.1) is 18.2 Å². The number of esters is 1. The molecule has 2 rings (SSSR count). The molecule has 0 aromatic heterocycles. The van der Waals surface area contributed by atoms with Crippen molar-refractivity contribution in [2.75, 3.05) is 25.0 Å². The van der Waals surface area contributed by atoms with E-state index >= 15 is 0 Å². The smallest absolute Gasteiger partial charge is 0.309 e. The highest BCUT2D eigenvalue weighted by Crippen LogP contribution is 2.26. The molecule has 7 heteroatoms. The topological polar surface area (TPSA) is 84.9 Å². The van der Waals surface area contributed by atoms with Crippen LogP contribution in [0.5, 0.6) is 5.75 Å². The van der Waals surface area contributed by atoms with Gasteiger partial charge in [-0.3, -0.25) is 14.4 Å². The Balaban J connectivity index is 1.86. The highest BCUT2D eigenvalue weighted by Gasteiger charge is 2.34. The molecule has 1 fully saturated rings. The molecule has 1 aromatic carbocycles. The Kier molecular flexibility index (Phi) is 7.65. The number of likely N-dealkylation sites (tertiary alicyclic amines) is 1. The number of benzene rings is 1. The number of anilines is 1. The lowest BCUT2D eigenvalue weighted by molar-refractivity contribution is -0.160. The Morgan fingerprint density at radius 1 is 1.17 bits per heavy atom. The lowest BCUT2D eigenvalue weighted by Gasteiger charge is -2.35. The predicted octanol–water partition coefficient (Wildman–Crippen LogP) is 3.24. The first kappa shape index (κ1) is 22.7. The van der Waals surface area contributed by atoms with Crippen molar-refractivity contribution in [3.63, 3.8) is 0 Å². The highest BCUT2D eigenvalue weighted by molar-refractivity contribution is 5.96. The van der Waals surface area contributed by atoms with Crippen molar-refractivity contribution in [3.05, 3.63) is 24.3 Å². The van der Waals surface area contributed by atoms with E-state index in [4.69, 9.17) is 9.47 Å². The highest BCUT2D eigenvalue weighted by atomic mass is 16.5. The van der Waals surface area contributed by atoms with E-state index in [0.717, 1.165) is 0 Å². The molecule has 1 saturated heterocycles. The fraction of sp³-hybridized carbons (Fsp3) is 0.591. The summed E-state index contributed by atoms with van der Waals surface area (Å²) in [6.07, 6.45) is 0.163. The van der Waals surface area contributed by atoms with Crippen LogP contribution in [0.25, 0.3) is 0 Å². The van der Waals surface area contributed by atoms with Gasteiger partial charge >= 0.3 is 5.97 Å². The van der Waals surface area contributed by atoms with Crippen LogP contribution >= 0.6 is 0 Å². The van der Waals surface area contributed by atoms with Gasteiger partial charge < -0.3 is 19.7 Å². The van der Waals surface area contributed by atoms with Crippen molar-refractivity contribution in [2.24, 2.45) is 11.3 Å². The van der Waals surface area contributed by atoms with E-state index in [1.54, 1.807) is 30.0 Å². The fourth-order valence-electron chi connectivity index (χ4n) is 3.20. The van der Waals surface area contributed by atoms with Crippen LogP contribution in [0, 0.1) is 11.3 Å². The lowest BCUT2D eigenvalue weighted by atomic mass is 9.91. The molecule has 0 radical (unpaired) electrons. The Morgan fingerprint density at radius 2 is 1.79 bits per heavy atom. The summed E-state index contributed by atoms with van der Waals surface area (Å²) in [6, 6.07) is 7.12. The van der Waals surface area contributed by atoms with Gasteiger partial charge in [-0.2, -0.15) is 0 Å². The number of nitrogens with one attached hydrogen (secondary N) is 1. The summed E-state index contributed by atoms with van der Waals surface area (Å²) in [5.41, 5.74) is 0.105. The van der Waals surface area contributed by atoms with E-state index in [1.165, 1.54) is 0 Å². The SMILES string of the molecule is CCOc1ccccc1NC(=O)C(C)OC(=O)C1CCN(C(=O)C(C)(C)C)CC1. The normalized spacial score (nSPS) is 16.1. The molecule has 7 nitrogen and oxygen atoms in total. The molecule has 0 aliphatic carbocycles. The first-order valence-electron chi connectivity index (χ1n) is 10.2. The number of rotatable bonds is 6. The quantitative estimate of drug-likeness (QED) is 0.736. The van der Waals surface area contributed by atoms with E-state index in [2.05, 4.69) is 5.32 Å². The number of hydrogen-bond acceptors (Lipinski definition) is 5. The zero-order valence-corrected chi connectivity index (χ0v) is 18.0. The number of piperidine rings is 1. The summed E-state index contributed by atoms with van der Waals surface area (Å²) >= 11 is 0. The first-order valence-corrected chi connectivity index (χ1v) is 10.2. The third kappa shape index (κ3) is 6.21. The van der Waals surface area contributed by atoms with E-state index < -0.39 is 23.4 Å². The van der Waals surface area contributed by atoms with E-state index in [-0.39, 0.29) is 11.8 Å². The minimum atomic E-state index is -0.925. The molecule has 1 unspecified atom stereocenters. The van der Waals surface area contributed by atoms with Crippen LogP contribution in [0.2, 0.25) is 0 Å². The molecule has 0 saturated carbocycles. The van der Waals surface area contributed by atoms with Gasteiger partial charge in [-0.15, -0.1) is 0 Å². The molecule has 1 N–H and O–H groups in total. The standard InChI is InChI=1S/C22H32N2O5/c1-6-28-18-10-8-7-9-17(18)23-19(25)15(2)29-20(26)16-11-13-24(14-12-16)21(27)22(3,4)5/h7-10,15-16H,6,11-14H2,1-5H3,(H,23,25). The van der Waals surface area contributed by atoms with Crippen molar-refractivity contribution in [1.29, 1.82) is 0 Å². The van der Waals surface area contributed by atoms with E-state index in [0.29, 0.717) is 44.0 Å². The number of ether oxygens (including phenoxy) is 2. The molecule has 2 amide bonds. The Morgan fingerprint density at radius 3 is 2.38 bits per heavy atom. The molecular formula is C22H32N2O5. The van der Waals surface area contributed by atoms with Gasteiger partial charge in [-0.25, -0.2) is 0 Å². The van der Waals surface area contributed by atoms with Gasteiger partial charge in [-0.1, -0.05) is 32.9 Å². The van der Waals surface area contributed by atoms with Crippen LogP contribution in [-0.2, 0) is 19.1 Å². The second kappa shape index (κ2) is 9.76. The summed E-state index contributed by atoms with van der Waals surface area (Å²) in [6.45, 7) is 10.6. The average Bonchev–Trinajstić information content (AvgIpc) is 2.68. The van der Waals surface area contributed by atoms with Crippen LogP contribution < -0.4 is 10.1 Å². The average molecular weight is 405 g/mol. The molecular weight excluding hydrogens is 372 g/mol. The molecule has 1 aliphatic heterocycles. The molecule has 1 atom stereocenters. The number of para-hydroxylation sites is 2. The third-order valence-electron chi connectivity index (χ3n) is 4.86. The maximum absolute atomic E-state index is 12.5. The van der Waals surface area contributed by atoms with Gasteiger partial charge in [0.1, 0.15) is 5.75 Å². The van der Waals surface area contributed by atoms with Gasteiger partial charge in [0, 0.05) is 18.5 Å². The largest absolute Gasteiger partial charge is 0.492 e. The van der Waals surface area contributed by atoms with Crippen molar-refractivity contribution in [3.8, 4) is 5.75 Å². The predicted molar refractivity (Wildman–Crippen MR) is 111 cm³/mol. The van der Waals surface area contributed by atoms with Crippen molar-refractivity contribution in [1.82, 2.24) is 4.90 Å². The Labute approximate surface area is 172 Å². The van der Waals surface area contributed by atoms with Gasteiger partial charge in [0.2, 0.25) is 5.91 Å². The maximum atomic E-state index is 12.5. The minimum Gasteiger partial charge on any atom is -0.492 e. The van der Waals surface area contributed by atoms with E-state index in [9.17, 15) is 14.4 Å². The van der Waals surface area contributed by atoms with Crippen LogP contribution in [0.1, 0.15) is 47.5 Å². The van der Waals surface area contributed by atoms with Crippen LogP contribution in [0.4, 0.5) is 5.69 Å². The van der Waals surface area contributed by atoms with E-state index in [1.807, 2.05) is 33.8 Å². The monoisotopic (exact) mass is 404 g/mol. The van der Waals surface area contributed by atoms with Crippen molar-refractivity contribution < 1.29 is 23.9 Å². The third-order valence-corrected chi connectivity index (χ3v) is 4.86. The van der Waals surface area contributed by atoms with Crippen molar-refractivity contribution in [2.45, 2.75) is 53.6 Å². The number of hydrogen-bond donors (Lipinski definition) is 1. The minimum absolute atomic E-state index is 0.0880. The molecule has 1 aliphatic rings. The summed E-state index contributed by atoms with van der Waals surface area (Å²) in [5.74, 6) is -0.452. The summed E-state index contributed by atoms with van der Waals surface area (Å²) in [4.78, 5) is 39.1. The second-order valence-electron chi connectivity index (χ2n) is 8.31. The van der Waals surface area contributed by atoms with Gasteiger partial charge in [0.25, 0.3) is 5.91 Å². The summed E-state index contributed by atoms with van der Waals surface area (Å²) < 4.78 is 10.9. The molecule has 0 spiro atoms. The van der Waals surface area contributed by atoms with Crippen molar-refractivity contribution >= 4 is 23.5 Å². The van der Waals surface area contributed by atoms with Crippen LogP contribution in [0.3, 0.4) is 0 Å². The molecule has 1 aromatic rings. The Hall–Kier alpha value is -2.57. The maximum Gasteiger partial charge on any atom is 0.309 e. The zero-order valence-electron chi connectivity index (χ0n) is 18.0. The van der Waals surface area contributed by atoms with Gasteiger partial charge in [-0.05, 0) is 38.8 Å². The first-order chi connectivity index (χ1) is 13.6. The molecule has 1 heterocycles. The molecule has 160 valence electrons. The second-order valence-corrected chi connectivity index (χ2v) is 8.31. The zero-order chi connectivity index (χ0) is 21.6. The lowest BCUT2D eigenvalue weighted by Crippen LogP contribution is -2.45. The van der Waals surface area contributed by atoms with Crippen LogP contribution in [0.15, 0.2) is 24.3 Å². The molecule has 0 bridgehead atoms. The number of carbonyl (C=O) groups is 3.